The molecule has 0 saturated heterocycles. The van der Waals surface area contributed by atoms with Crippen molar-refractivity contribution in [2.75, 3.05) is 0 Å². The Morgan fingerprint density at radius 3 is 1.39 bits per heavy atom. The lowest BCUT2D eigenvalue weighted by Crippen LogP contribution is -2.55. The molecule has 2 aromatic heterocycles. The lowest BCUT2D eigenvalue weighted by atomic mass is 9.46. The number of fused-ring (bicyclic) bond motifs is 8. The van der Waals surface area contributed by atoms with E-state index in [1.165, 1.54) is 82.5 Å². The third-order valence-electron chi connectivity index (χ3n) is 11.2. The Morgan fingerprint density at radius 1 is 0.449 bits per heavy atom. The number of nitrogens with zero attached hydrogens (tertiary/aromatic N) is 2. The molecule has 248 valence electrons. The fourth-order valence-corrected chi connectivity index (χ4v) is 8.38. The maximum atomic E-state index is 2.72. The molecule has 0 radical (unpaired) electrons. The maximum absolute atomic E-state index is 2.72. The molecule has 0 aliphatic carbocycles. The van der Waals surface area contributed by atoms with Gasteiger partial charge in [0.25, 0.3) is 0 Å². The van der Waals surface area contributed by atoms with Crippen LogP contribution in [0.15, 0.2) is 91.0 Å². The highest BCUT2D eigenvalue weighted by molar-refractivity contribution is 6.88. The van der Waals surface area contributed by atoms with Crippen LogP contribution < -0.4 is 10.9 Å². The molecular formula is C46H51BN2. The van der Waals surface area contributed by atoms with E-state index < -0.39 is 0 Å². The van der Waals surface area contributed by atoms with E-state index in [-0.39, 0.29) is 28.5 Å². The molecule has 5 aromatic carbocycles. The highest BCUT2D eigenvalue weighted by atomic mass is 15.0. The van der Waals surface area contributed by atoms with Gasteiger partial charge in [0.2, 0.25) is 0 Å². The average molecular weight is 643 g/mol. The lowest BCUT2D eigenvalue weighted by Gasteiger charge is -2.34. The standard InChI is InChI=1S/C46H51BN2/c1-43(2,3)28-19-22-33-34-23-24-35(46(10,11)12)41-42(34)48(38(33)25-28)37-16-14-13-15-36(37)47(41)49-39-26-29(44(4,5)6)17-20-31(39)32-21-18-30(27-40(32)49)45(7,8)9/h13-27H,1-12H3. The van der Waals surface area contributed by atoms with Gasteiger partial charge in [-0.05, 0) is 79.1 Å². The topological polar surface area (TPSA) is 9.86 Å². The van der Waals surface area contributed by atoms with Crippen molar-refractivity contribution >= 4 is 61.4 Å². The van der Waals surface area contributed by atoms with Gasteiger partial charge in [0.1, 0.15) is 0 Å². The van der Waals surface area contributed by atoms with Gasteiger partial charge in [-0.3, -0.25) is 0 Å². The second-order valence-electron chi connectivity index (χ2n) is 18.8. The number of aromatic nitrogens is 2. The number of benzene rings is 5. The molecule has 3 heteroatoms. The van der Waals surface area contributed by atoms with Gasteiger partial charge in [0.15, 0.2) is 0 Å². The summed E-state index contributed by atoms with van der Waals surface area (Å²) in [6.45, 7) is 28.1. The Balaban J connectivity index is 1.61. The molecule has 8 rings (SSSR count). The predicted molar refractivity (Wildman–Crippen MR) is 215 cm³/mol. The highest BCUT2D eigenvalue weighted by Gasteiger charge is 2.40. The number of hydrogen-bond donors (Lipinski definition) is 0. The van der Waals surface area contributed by atoms with Crippen LogP contribution in [0.4, 0.5) is 0 Å². The lowest BCUT2D eigenvalue weighted by molar-refractivity contribution is 0.590. The molecular weight excluding hydrogens is 591 g/mol. The van der Waals surface area contributed by atoms with Crippen LogP contribution in [-0.2, 0) is 21.7 Å². The van der Waals surface area contributed by atoms with Gasteiger partial charge in [-0.2, -0.15) is 0 Å². The van der Waals surface area contributed by atoms with Crippen molar-refractivity contribution in [1.29, 1.82) is 0 Å². The smallest absolute Gasteiger partial charge is 0.332 e. The first-order valence-corrected chi connectivity index (χ1v) is 18.2. The molecule has 0 fully saturated rings. The van der Waals surface area contributed by atoms with Crippen LogP contribution in [-0.4, -0.2) is 15.9 Å². The number of para-hydroxylation sites is 1. The van der Waals surface area contributed by atoms with E-state index >= 15 is 0 Å². The summed E-state index contributed by atoms with van der Waals surface area (Å²) in [6.07, 6.45) is 0. The van der Waals surface area contributed by atoms with Crippen LogP contribution in [0.2, 0.25) is 0 Å². The average Bonchev–Trinajstić information content (AvgIpc) is 3.52. The monoisotopic (exact) mass is 642 g/mol. The van der Waals surface area contributed by atoms with Crippen molar-refractivity contribution in [2.24, 2.45) is 0 Å². The number of rotatable bonds is 1. The fourth-order valence-electron chi connectivity index (χ4n) is 8.38. The highest BCUT2D eigenvalue weighted by Crippen LogP contribution is 2.41. The van der Waals surface area contributed by atoms with E-state index in [1.807, 2.05) is 0 Å². The van der Waals surface area contributed by atoms with Crippen LogP contribution >= 0.6 is 0 Å². The Kier molecular flexibility index (Phi) is 6.63. The Bertz CT molecular complexity index is 2400. The molecule has 0 bridgehead atoms. The van der Waals surface area contributed by atoms with Crippen molar-refractivity contribution in [3.63, 3.8) is 0 Å². The molecule has 0 atom stereocenters. The minimum atomic E-state index is -0.0577. The van der Waals surface area contributed by atoms with Crippen LogP contribution in [0.25, 0.3) is 49.3 Å². The van der Waals surface area contributed by atoms with Crippen molar-refractivity contribution in [1.82, 2.24) is 9.05 Å². The molecule has 3 heterocycles. The molecule has 7 aromatic rings. The fraction of sp³-hybridized carbons (Fsp3) is 0.348. The third kappa shape index (κ3) is 4.75. The molecule has 0 unspecified atom stereocenters. The second kappa shape index (κ2) is 10.2. The second-order valence-corrected chi connectivity index (χ2v) is 18.8. The summed E-state index contributed by atoms with van der Waals surface area (Å²) in [4.78, 5) is 0. The van der Waals surface area contributed by atoms with Crippen LogP contribution in [0.3, 0.4) is 0 Å². The van der Waals surface area contributed by atoms with Gasteiger partial charge in [0, 0.05) is 38.3 Å². The summed E-state index contributed by atoms with van der Waals surface area (Å²) in [5, 5.41) is 5.31. The van der Waals surface area contributed by atoms with Crippen LogP contribution in [0.1, 0.15) is 105 Å². The van der Waals surface area contributed by atoms with Crippen LogP contribution in [0, 0.1) is 0 Å². The first-order chi connectivity index (χ1) is 22.9. The van der Waals surface area contributed by atoms with E-state index in [2.05, 4.69) is 183 Å². The summed E-state index contributed by atoms with van der Waals surface area (Å²) in [5.74, 6) is 0. The molecule has 0 saturated carbocycles. The van der Waals surface area contributed by atoms with Crippen molar-refractivity contribution in [3.05, 3.63) is 113 Å². The minimum absolute atomic E-state index is 0.00143. The largest absolute Gasteiger partial charge is 0.376 e. The third-order valence-corrected chi connectivity index (χ3v) is 11.2. The molecule has 49 heavy (non-hydrogen) atoms. The predicted octanol–water partition coefficient (Wildman–Crippen LogP) is 11.0. The molecule has 0 amide bonds. The first kappa shape index (κ1) is 32.0. The van der Waals surface area contributed by atoms with Gasteiger partial charge in [-0.15, -0.1) is 0 Å². The van der Waals surface area contributed by atoms with Gasteiger partial charge < -0.3 is 9.05 Å². The molecule has 1 aliphatic rings. The SMILES string of the molecule is CC(C)(C)c1ccc2c3ccc(C(C)(C)C)cc3n(B3c4ccccc4-n4c5cc(C(C)(C)C)ccc5c5ccc(C(C)(C)C)c3c54)c2c1. The summed E-state index contributed by atoms with van der Waals surface area (Å²) >= 11 is 0. The normalized spacial score (nSPS) is 14.1. The van der Waals surface area contributed by atoms with E-state index in [1.54, 1.807) is 0 Å². The molecule has 0 spiro atoms. The van der Waals surface area contributed by atoms with E-state index in [4.69, 9.17) is 0 Å². The first-order valence-electron chi connectivity index (χ1n) is 18.2. The van der Waals surface area contributed by atoms with Crippen molar-refractivity contribution < 1.29 is 0 Å². The molecule has 2 nitrogen and oxygen atoms in total. The zero-order valence-electron chi connectivity index (χ0n) is 31.6. The molecule has 1 aliphatic heterocycles. The van der Waals surface area contributed by atoms with Crippen molar-refractivity contribution in [2.45, 2.75) is 105 Å². The summed E-state index contributed by atoms with van der Waals surface area (Å²) in [7, 11) is 0. The van der Waals surface area contributed by atoms with Gasteiger partial charge in [-0.1, -0.05) is 150 Å². The van der Waals surface area contributed by atoms with E-state index in [0.29, 0.717) is 0 Å². The zero-order valence-corrected chi connectivity index (χ0v) is 31.6. The number of hydrogen-bond acceptors (Lipinski definition) is 0. The van der Waals surface area contributed by atoms with Gasteiger partial charge >= 0.3 is 6.85 Å². The Labute approximate surface area is 293 Å². The molecule has 0 N–H and O–H groups in total. The summed E-state index contributed by atoms with van der Waals surface area (Å²) in [6, 6.07) is 35.7. The van der Waals surface area contributed by atoms with E-state index in [9.17, 15) is 0 Å². The zero-order chi connectivity index (χ0) is 35.0. The summed E-state index contributed by atoms with van der Waals surface area (Å²) in [5.41, 5.74) is 14.9. The Morgan fingerprint density at radius 2 is 0.898 bits per heavy atom. The van der Waals surface area contributed by atoms with Crippen molar-refractivity contribution in [3.8, 4) is 5.69 Å². The van der Waals surface area contributed by atoms with E-state index in [0.717, 1.165) is 0 Å². The van der Waals surface area contributed by atoms with Gasteiger partial charge in [-0.25, -0.2) is 0 Å². The van der Waals surface area contributed by atoms with Gasteiger partial charge in [0.05, 0.1) is 11.0 Å². The Hall–Kier alpha value is -4.24. The summed E-state index contributed by atoms with van der Waals surface area (Å²) < 4.78 is 5.32. The maximum Gasteiger partial charge on any atom is 0.332 e. The van der Waals surface area contributed by atoms with Crippen LogP contribution in [0.5, 0.6) is 0 Å². The minimum Gasteiger partial charge on any atom is -0.376 e. The quantitative estimate of drug-likeness (QED) is 0.158.